The van der Waals surface area contributed by atoms with Crippen molar-refractivity contribution in [2.75, 3.05) is 23.8 Å². The summed E-state index contributed by atoms with van der Waals surface area (Å²) in [5, 5.41) is 16.4. The molecule has 1 aliphatic carbocycles. The average Bonchev–Trinajstić information content (AvgIpc) is 3.16. The maximum Gasteiger partial charge on any atom is 0.224 e. The van der Waals surface area contributed by atoms with Crippen molar-refractivity contribution in [2.24, 2.45) is 0 Å². The Labute approximate surface area is 186 Å². The van der Waals surface area contributed by atoms with Gasteiger partial charge in [0.15, 0.2) is 5.65 Å². The molecule has 0 amide bonds. The van der Waals surface area contributed by atoms with E-state index in [1.807, 2.05) is 13.0 Å². The van der Waals surface area contributed by atoms with Crippen molar-refractivity contribution in [3.63, 3.8) is 0 Å². The van der Waals surface area contributed by atoms with Gasteiger partial charge in [0.1, 0.15) is 11.3 Å². The minimum absolute atomic E-state index is 0.149. The number of hydrogen-bond donors (Lipinski definition) is 3. The summed E-state index contributed by atoms with van der Waals surface area (Å²) in [5.41, 5.74) is 2.62. The molecule has 1 saturated carbocycles. The molecule has 32 heavy (non-hydrogen) atoms. The molecule has 3 N–H and O–H groups in total. The fraction of sp³-hybridized carbons (Fsp3) is 0.522. The molecule has 1 aromatic carbocycles. The lowest BCUT2D eigenvalue weighted by Crippen LogP contribution is -2.29. The maximum atomic E-state index is 14.5. The number of aryl methyl sites for hydroxylation is 1. The number of hydrogen-bond acceptors (Lipinski definition) is 7. The van der Waals surface area contributed by atoms with Crippen LogP contribution in [-0.2, 0) is 4.74 Å². The zero-order valence-electron chi connectivity index (χ0n) is 18.2. The van der Waals surface area contributed by atoms with Gasteiger partial charge in [0.2, 0.25) is 11.9 Å². The first kappa shape index (κ1) is 21.1. The van der Waals surface area contributed by atoms with Crippen LogP contribution in [0.25, 0.3) is 11.2 Å². The molecule has 0 radical (unpaired) electrons. The first-order valence-electron chi connectivity index (χ1n) is 11.4. The molecule has 0 unspecified atom stereocenters. The summed E-state index contributed by atoms with van der Waals surface area (Å²) in [6.07, 6.45) is 6.54. The Morgan fingerprint density at radius 3 is 2.62 bits per heavy atom. The van der Waals surface area contributed by atoms with Gasteiger partial charge in [-0.15, -0.1) is 0 Å². The van der Waals surface area contributed by atoms with Crippen molar-refractivity contribution >= 4 is 28.7 Å². The highest BCUT2D eigenvalue weighted by Gasteiger charge is 2.25. The Hall–Kier alpha value is -2.78. The van der Waals surface area contributed by atoms with E-state index in [1.165, 1.54) is 6.07 Å². The van der Waals surface area contributed by atoms with E-state index in [2.05, 4.69) is 20.2 Å². The number of para-hydroxylation sites is 1. The largest absolute Gasteiger partial charge is 0.393 e. The number of rotatable bonds is 5. The molecule has 3 aromatic rings. The first-order chi connectivity index (χ1) is 15.6. The van der Waals surface area contributed by atoms with Crippen LogP contribution in [-0.4, -0.2) is 50.0 Å². The zero-order chi connectivity index (χ0) is 22.1. The van der Waals surface area contributed by atoms with Crippen molar-refractivity contribution in [3.05, 3.63) is 35.8 Å². The molecule has 2 fully saturated rings. The van der Waals surface area contributed by atoms with Crippen molar-refractivity contribution in [2.45, 2.75) is 63.6 Å². The number of ether oxygens (including phenoxy) is 1. The molecule has 3 heterocycles. The minimum atomic E-state index is -0.316. The number of halogens is 1. The number of anilines is 3. The van der Waals surface area contributed by atoms with Crippen LogP contribution in [0.5, 0.6) is 0 Å². The van der Waals surface area contributed by atoms with Crippen LogP contribution in [0.15, 0.2) is 24.4 Å². The Balaban J connectivity index is 1.51. The Bertz CT molecular complexity index is 1070. The van der Waals surface area contributed by atoms with E-state index in [4.69, 9.17) is 14.7 Å². The van der Waals surface area contributed by atoms with Crippen LogP contribution in [0.1, 0.15) is 50.1 Å². The van der Waals surface area contributed by atoms with Gasteiger partial charge in [-0.1, -0.05) is 12.1 Å². The molecule has 2 aliphatic rings. The monoisotopic (exact) mass is 440 g/mol. The van der Waals surface area contributed by atoms with E-state index in [9.17, 15) is 9.50 Å². The van der Waals surface area contributed by atoms with E-state index in [-0.39, 0.29) is 24.0 Å². The van der Waals surface area contributed by atoms with E-state index < -0.39 is 0 Å². The van der Waals surface area contributed by atoms with Crippen molar-refractivity contribution in [1.82, 2.24) is 19.5 Å². The first-order valence-corrected chi connectivity index (χ1v) is 11.4. The Morgan fingerprint density at radius 2 is 1.88 bits per heavy atom. The van der Waals surface area contributed by atoms with Gasteiger partial charge in [-0.2, -0.15) is 4.98 Å². The van der Waals surface area contributed by atoms with Crippen LogP contribution in [0.2, 0.25) is 0 Å². The van der Waals surface area contributed by atoms with Crippen LogP contribution in [0.3, 0.4) is 0 Å². The number of aliphatic hydroxyl groups excluding tert-OH is 1. The summed E-state index contributed by atoms with van der Waals surface area (Å²) in [5.74, 6) is 0.802. The third-order valence-corrected chi connectivity index (χ3v) is 6.48. The number of nitrogens with one attached hydrogen (secondary N) is 2. The second kappa shape index (κ2) is 8.99. The number of fused-ring (bicyclic) bond motifs is 1. The summed E-state index contributed by atoms with van der Waals surface area (Å²) in [6, 6.07) is 5.41. The van der Waals surface area contributed by atoms with Crippen molar-refractivity contribution in [3.8, 4) is 0 Å². The maximum absolute atomic E-state index is 14.5. The van der Waals surface area contributed by atoms with Gasteiger partial charge < -0.3 is 20.5 Å². The fourth-order valence-electron chi connectivity index (χ4n) is 4.64. The van der Waals surface area contributed by atoms with Crippen LogP contribution in [0.4, 0.5) is 22.0 Å². The van der Waals surface area contributed by atoms with Crippen LogP contribution >= 0.6 is 0 Å². The molecular weight excluding hydrogens is 411 g/mol. The summed E-state index contributed by atoms with van der Waals surface area (Å²) in [6.45, 7) is 3.21. The highest BCUT2D eigenvalue weighted by atomic mass is 19.1. The summed E-state index contributed by atoms with van der Waals surface area (Å²) < 4.78 is 22.2. The highest BCUT2D eigenvalue weighted by molar-refractivity contribution is 5.77. The smallest absolute Gasteiger partial charge is 0.224 e. The van der Waals surface area contributed by atoms with E-state index in [0.29, 0.717) is 36.3 Å². The molecule has 0 bridgehead atoms. The zero-order valence-corrected chi connectivity index (χ0v) is 18.2. The third kappa shape index (κ3) is 4.27. The van der Waals surface area contributed by atoms with E-state index in [1.54, 1.807) is 12.3 Å². The van der Waals surface area contributed by atoms with Gasteiger partial charge in [-0.3, -0.25) is 4.57 Å². The predicted octanol–water partition coefficient (Wildman–Crippen LogP) is 4.08. The minimum Gasteiger partial charge on any atom is -0.393 e. The summed E-state index contributed by atoms with van der Waals surface area (Å²) >= 11 is 0. The molecule has 8 nitrogen and oxygen atoms in total. The molecular formula is C23H29FN6O2. The Morgan fingerprint density at radius 1 is 1.09 bits per heavy atom. The number of aromatic nitrogens is 4. The molecule has 2 aromatic heterocycles. The van der Waals surface area contributed by atoms with Crippen LogP contribution in [0, 0.1) is 12.7 Å². The van der Waals surface area contributed by atoms with Gasteiger partial charge in [-0.25, -0.2) is 14.4 Å². The molecule has 170 valence electrons. The lowest BCUT2D eigenvalue weighted by molar-refractivity contribution is 0.0710. The lowest BCUT2D eigenvalue weighted by atomic mass is 9.93. The van der Waals surface area contributed by atoms with Gasteiger partial charge >= 0.3 is 0 Å². The lowest BCUT2D eigenvalue weighted by Gasteiger charge is -2.27. The van der Waals surface area contributed by atoms with Gasteiger partial charge in [0, 0.05) is 25.3 Å². The third-order valence-electron chi connectivity index (χ3n) is 6.48. The Kier molecular flexibility index (Phi) is 5.93. The summed E-state index contributed by atoms with van der Waals surface area (Å²) in [7, 11) is 0. The standard InChI is InChI=1S/C23H29FN6O2/c1-14-3-2-4-18(24)20(14)28-23-27-19-13-25-22(26-15-5-7-17(31)8-6-15)29-21(19)30(23)16-9-11-32-12-10-16/h2-4,13,15-17,31H,5-12H2,1H3,(H,27,28)(H,25,26,29). The quantitative estimate of drug-likeness (QED) is 0.550. The van der Waals surface area contributed by atoms with Crippen molar-refractivity contribution < 1.29 is 14.2 Å². The predicted molar refractivity (Wildman–Crippen MR) is 121 cm³/mol. The molecule has 5 rings (SSSR count). The topological polar surface area (TPSA) is 97.1 Å². The fourth-order valence-corrected chi connectivity index (χ4v) is 4.64. The number of aliphatic hydroxyl groups is 1. The number of imidazole rings is 1. The normalized spacial score (nSPS) is 22.2. The number of benzene rings is 1. The van der Waals surface area contributed by atoms with Gasteiger partial charge in [-0.05, 0) is 57.1 Å². The van der Waals surface area contributed by atoms with Gasteiger partial charge in [0.05, 0.1) is 18.0 Å². The molecule has 9 heteroatoms. The van der Waals surface area contributed by atoms with Crippen molar-refractivity contribution in [1.29, 1.82) is 0 Å². The van der Waals surface area contributed by atoms with E-state index >= 15 is 0 Å². The molecule has 0 atom stereocenters. The molecule has 0 spiro atoms. The molecule has 1 saturated heterocycles. The SMILES string of the molecule is Cc1cccc(F)c1Nc1nc2cnc(NC3CCC(O)CC3)nc2n1C1CCOCC1. The second-order valence-electron chi connectivity index (χ2n) is 8.76. The average molecular weight is 441 g/mol. The van der Waals surface area contributed by atoms with Gasteiger partial charge in [0.25, 0.3) is 0 Å². The number of nitrogens with zero attached hydrogens (tertiary/aromatic N) is 4. The van der Waals surface area contributed by atoms with E-state index in [0.717, 1.165) is 49.7 Å². The van der Waals surface area contributed by atoms with Crippen LogP contribution < -0.4 is 10.6 Å². The highest BCUT2D eigenvalue weighted by Crippen LogP contribution is 2.33. The summed E-state index contributed by atoms with van der Waals surface area (Å²) in [4.78, 5) is 14.0. The molecule has 1 aliphatic heterocycles. The second-order valence-corrected chi connectivity index (χ2v) is 8.76.